The molecule has 0 saturated heterocycles. The normalized spacial score (nSPS) is 17.4. The number of nitrogens with zero attached hydrogens (tertiary/aromatic N) is 1. The number of benzene rings is 1. The van der Waals surface area contributed by atoms with Crippen molar-refractivity contribution in [2.45, 2.75) is 44.5 Å². The first-order chi connectivity index (χ1) is 9.39. The smallest absolute Gasteiger partial charge is 0.218 e. The van der Waals surface area contributed by atoms with Gasteiger partial charge in [0.2, 0.25) is 10.0 Å². The van der Waals surface area contributed by atoms with Gasteiger partial charge in [0.15, 0.2) is 0 Å². The fourth-order valence-electron chi connectivity index (χ4n) is 2.07. The van der Waals surface area contributed by atoms with E-state index in [9.17, 15) is 8.42 Å². The predicted octanol–water partition coefficient (Wildman–Crippen LogP) is 1.90. The Bertz CT molecular complexity index is 535. The van der Waals surface area contributed by atoms with E-state index in [1.807, 2.05) is 31.2 Å². The quantitative estimate of drug-likeness (QED) is 0.836. The van der Waals surface area contributed by atoms with Crippen LogP contribution < -0.4 is 5.32 Å². The molecule has 0 aliphatic heterocycles. The van der Waals surface area contributed by atoms with Crippen LogP contribution in [-0.2, 0) is 16.6 Å². The van der Waals surface area contributed by atoms with Crippen molar-refractivity contribution in [2.24, 2.45) is 0 Å². The maximum absolute atomic E-state index is 12.4. The van der Waals surface area contributed by atoms with Gasteiger partial charge in [0, 0.05) is 26.2 Å². The standard InChI is InChI=1S/C15H24N2O2S/c1-12-4-6-14(7-5-12)11-17(3)20(18,19)13(2)10-16-15-8-9-15/h4-7,13,15-16H,8-11H2,1-3H3. The van der Waals surface area contributed by atoms with Crippen LogP contribution in [0.15, 0.2) is 24.3 Å². The van der Waals surface area contributed by atoms with Gasteiger partial charge in [-0.3, -0.25) is 0 Å². The number of rotatable bonds is 7. The molecule has 1 fully saturated rings. The molecule has 1 aliphatic rings. The van der Waals surface area contributed by atoms with Gasteiger partial charge in [-0.25, -0.2) is 12.7 Å². The molecular weight excluding hydrogens is 272 g/mol. The molecule has 1 N–H and O–H groups in total. The Kier molecular flexibility index (Phi) is 4.83. The molecule has 0 aromatic heterocycles. The lowest BCUT2D eigenvalue weighted by atomic mass is 10.1. The molecule has 1 aliphatic carbocycles. The molecule has 2 rings (SSSR count). The number of hydrogen-bond donors (Lipinski definition) is 1. The largest absolute Gasteiger partial charge is 0.313 e. The van der Waals surface area contributed by atoms with Crippen molar-refractivity contribution in [3.05, 3.63) is 35.4 Å². The summed E-state index contributed by atoms with van der Waals surface area (Å²) in [6, 6.07) is 8.51. The summed E-state index contributed by atoms with van der Waals surface area (Å²) in [6.07, 6.45) is 2.35. The van der Waals surface area contributed by atoms with E-state index in [0.717, 1.165) is 5.56 Å². The second kappa shape index (κ2) is 6.24. The Hall–Kier alpha value is -0.910. The van der Waals surface area contributed by atoms with Gasteiger partial charge in [0.1, 0.15) is 0 Å². The van der Waals surface area contributed by atoms with Crippen LogP contribution in [0.4, 0.5) is 0 Å². The summed E-state index contributed by atoms with van der Waals surface area (Å²) < 4.78 is 26.3. The number of sulfonamides is 1. The zero-order valence-corrected chi connectivity index (χ0v) is 13.3. The first-order valence-electron chi connectivity index (χ1n) is 7.13. The van der Waals surface area contributed by atoms with Gasteiger partial charge >= 0.3 is 0 Å². The minimum absolute atomic E-state index is 0.390. The molecule has 1 atom stereocenters. The van der Waals surface area contributed by atoms with Crippen molar-refractivity contribution in [3.8, 4) is 0 Å². The van der Waals surface area contributed by atoms with E-state index in [1.54, 1.807) is 14.0 Å². The third kappa shape index (κ3) is 4.04. The van der Waals surface area contributed by atoms with Crippen molar-refractivity contribution in [1.29, 1.82) is 0 Å². The molecule has 1 aromatic rings. The molecule has 0 spiro atoms. The van der Waals surface area contributed by atoms with E-state index in [2.05, 4.69) is 5.32 Å². The fraction of sp³-hybridized carbons (Fsp3) is 0.600. The van der Waals surface area contributed by atoms with E-state index in [-0.39, 0.29) is 0 Å². The molecule has 0 radical (unpaired) electrons. The predicted molar refractivity (Wildman–Crippen MR) is 82.1 cm³/mol. The summed E-state index contributed by atoms with van der Waals surface area (Å²) in [7, 11) is -1.59. The van der Waals surface area contributed by atoms with Gasteiger partial charge in [-0.1, -0.05) is 29.8 Å². The van der Waals surface area contributed by atoms with Crippen molar-refractivity contribution in [1.82, 2.24) is 9.62 Å². The van der Waals surface area contributed by atoms with Crippen LogP contribution >= 0.6 is 0 Å². The highest BCUT2D eigenvalue weighted by Gasteiger charge is 2.28. The number of hydrogen-bond acceptors (Lipinski definition) is 3. The Morgan fingerprint density at radius 2 is 1.90 bits per heavy atom. The topological polar surface area (TPSA) is 49.4 Å². The van der Waals surface area contributed by atoms with Gasteiger partial charge in [-0.15, -0.1) is 0 Å². The Labute approximate surface area is 122 Å². The van der Waals surface area contributed by atoms with Gasteiger partial charge in [-0.05, 0) is 32.3 Å². The van der Waals surface area contributed by atoms with E-state index in [4.69, 9.17) is 0 Å². The number of nitrogens with one attached hydrogen (secondary N) is 1. The van der Waals surface area contributed by atoms with Crippen LogP contribution in [0, 0.1) is 6.92 Å². The van der Waals surface area contributed by atoms with Crippen LogP contribution in [0.25, 0.3) is 0 Å². The summed E-state index contributed by atoms with van der Waals surface area (Å²) in [5.74, 6) is 0. The monoisotopic (exact) mass is 296 g/mol. The Morgan fingerprint density at radius 3 is 2.45 bits per heavy atom. The van der Waals surface area contributed by atoms with Crippen LogP contribution in [0.2, 0.25) is 0 Å². The van der Waals surface area contributed by atoms with Gasteiger partial charge in [0.25, 0.3) is 0 Å². The van der Waals surface area contributed by atoms with Crippen molar-refractivity contribution >= 4 is 10.0 Å². The maximum Gasteiger partial charge on any atom is 0.218 e. The van der Waals surface area contributed by atoms with Crippen LogP contribution in [0.1, 0.15) is 30.9 Å². The molecule has 20 heavy (non-hydrogen) atoms. The SMILES string of the molecule is Cc1ccc(CN(C)S(=O)(=O)C(C)CNC2CC2)cc1. The lowest BCUT2D eigenvalue weighted by Crippen LogP contribution is -2.40. The Balaban J connectivity index is 1.94. The summed E-state index contributed by atoms with van der Waals surface area (Å²) >= 11 is 0. The zero-order chi connectivity index (χ0) is 14.8. The lowest BCUT2D eigenvalue weighted by Gasteiger charge is -2.22. The van der Waals surface area contributed by atoms with Gasteiger partial charge < -0.3 is 5.32 Å². The second-order valence-corrected chi connectivity index (χ2v) is 8.24. The molecule has 0 heterocycles. The minimum atomic E-state index is -3.24. The molecule has 1 unspecified atom stereocenters. The summed E-state index contributed by atoms with van der Waals surface area (Å²) in [4.78, 5) is 0. The average Bonchev–Trinajstić information content (AvgIpc) is 3.22. The van der Waals surface area contributed by atoms with E-state index >= 15 is 0 Å². The molecule has 4 nitrogen and oxygen atoms in total. The average molecular weight is 296 g/mol. The van der Waals surface area contributed by atoms with E-state index < -0.39 is 15.3 Å². The van der Waals surface area contributed by atoms with Gasteiger partial charge in [-0.2, -0.15) is 0 Å². The molecular formula is C15H24N2O2S. The van der Waals surface area contributed by atoms with Crippen LogP contribution in [0.5, 0.6) is 0 Å². The van der Waals surface area contributed by atoms with Crippen molar-refractivity contribution in [2.75, 3.05) is 13.6 Å². The van der Waals surface area contributed by atoms with Gasteiger partial charge in [0.05, 0.1) is 5.25 Å². The zero-order valence-electron chi connectivity index (χ0n) is 12.5. The molecule has 1 saturated carbocycles. The van der Waals surface area contributed by atoms with Crippen molar-refractivity contribution < 1.29 is 8.42 Å². The minimum Gasteiger partial charge on any atom is -0.313 e. The molecule has 1 aromatic carbocycles. The molecule has 0 bridgehead atoms. The first kappa shape index (κ1) is 15.5. The molecule has 112 valence electrons. The summed E-state index contributed by atoms with van der Waals surface area (Å²) in [5, 5.41) is 2.89. The van der Waals surface area contributed by atoms with E-state index in [1.165, 1.54) is 22.7 Å². The fourth-order valence-corrected chi connectivity index (χ4v) is 3.32. The molecule has 5 heteroatoms. The third-order valence-corrected chi connectivity index (χ3v) is 5.92. The Morgan fingerprint density at radius 1 is 1.30 bits per heavy atom. The maximum atomic E-state index is 12.4. The highest BCUT2D eigenvalue weighted by atomic mass is 32.2. The first-order valence-corrected chi connectivity index (χ1v) is 8.64. The van der Waals surface area contributed by atoms with E-state index in [0.29, 0.717) is 19.1 Å². The highest BCUT2D eigenvalue weighted by Crippen LogP contribution is 2.19. The number of aryl methyl sites for hydroxylation is 1. The third-order valence-electron chi connectivity index (χ3n) is 3.74. The second-order valence-electron chi connectivity index (χ2n) is 5.78. The van der Waals surface area contributed by atoms with Crippen LogP contribution in [0.3, 0.4) is 0 Å². The highest BCUT2D eigenvalue weighted by molar-refractivity contribution is 7.89. The molecule has 0 amide bonds. The summed E-state index contributed by atoms with van der Waals surface area (Å²) in [5.41, 5.74) is 2.20. The summed E-state index contributed by atoms with van der Waals surface area (Å²) in [6.45, 7) is 4.76. The lowest BCUT2D eigenvalue weighted by molar-refractivity contribution is 0.453. The van der Waals surface area contributed by atoms with Crippen LogP contribution in [-0.4, -0.2) is 37.6 Å². The van der Waals surface area contributed by atoms with Crippen molar-refractivity contribution in [3.63, 3.8) is 0 Å².